The van der Waals surface area contributed by atoms with E-state index < -0.39 is 6.10 Å². The van der Waals surface area contributed by atoms with Gasteiger partial charge in [0.1, 0.15) is 11.9 Å². The number of nitrogens with one attached hydrogen (secondary N) is 1. The van der Waals surface area contributed by atoms with Crippen LogP contribution < -0.4 is 0 Å². The van der Waals surface area contributed by atoms with Gasteiger partial charge in [-0.15, -0.1) is 0 Å². The molecule has 1 unspecified atom stereocenters. The molecule has 1 atom stereocenters. The summed E-state index contributed by atoms with van der Waals surface area (Å²) in [6.45, 7) is 0. The molecule has 0 aliphatic heterocycles. The molecule has 2 aromatic heterocycles. The Morgan fingerprint density at radius 2 is 2.06 bits per heavy atom. The van der Waals surface area contributed by atoms with Crippen molar-refractivity contribution in [3.63, 3.8) is 0 Å². The fourth-order valence-corrected chi connectivity index (χ4v) is 1.98. The number of pyridine rings is 1. The highest BCUT2D eigenvalue weighted by molar-refractivity contribution is 5.78. The minimum absolute atomic E-state index is 0.457. The van der Waals surface area contributed by atoms with Crippen LogP contribution in [0.15, 0.2) is 48.8 Å². The number of aromatic amines is 1. The van der Waals surface area contributed by atoms with E-state index in [9.17, 15) is 5.11 Å². The first-order valence-electron chi connectivity index (χ1n) is 5.85. The normalized spacial score (nSPS) is 12.7. The zero-order valence-electron chi connectivity index (χ0n) is 9.74. The Labute approximate surface area is 104 Å². The first-order valence-corrected chi connectivity index (χ1v) is 5.85. The van der Waals surface area contributed by atoms with E-state index in [4.69, 9.17) is 0 Å². The number of H-pyrrole nitrogens is 1. The monoisotopic (exact) mass is 239 g/mol. The summed E-state index contributed by atoms with van der Waals surface area (Å²) in [5.41, 5.74) is 1.80. The van der Waals surface area contributed by atoms with E-state index in [2.05, 4.69) is 15.0 Å². The van der Waals surface area contributed by atoms with Crippen molar-refractivity contribution in [2.45, 2.75) is 12.5 Å². The van der Waals surface area contributed by atoms with Gasteiger partial charge in [0.25, 0.3) is 0 Å². The van der Waals surface area contributed by atoms with E-state index in [1.165, 1.54) is 0 Å². The number of benzene rings is 1. The number of imidazole rings is 1. The number of para-hydroxylation sites is 1. The molecule has 18 heavy (non-hydrogen) atoms. The number of hydrogen-bond donors (Lipinski definition) is 2. The molecule has 90 valence electrons. The van der Waals surface area contributed by atoms with E-state index in [1.807, 2.05) is 36.4 Å². The molecule has 4 nitrogen and oxygen atoms in total. The van der Waals surface area contributed by atoms with Crippen LogP contribution in [0.2, 0.25) is 0 Å². The lowest BCUT2D eigenvalue weighted by Crippen LogP contribution is -2.05. The van der Waals surface area contributed by atoms with Gasteiger partial charge in [-0.25, -0.2) is 4.98 Å². The SMILES string of the molecule is OC(Cc1ccc2ccccc2n1)c1ncc[nH]1. The summed E-state index contributed by atoms with van der Waals surface area (Å²) >= 11 is 0. The van der Waals surface area contributed by atoms with Gasteiger partial charge in [-0.2, -0.15) is 0 Å². The molecule has 0 amide bonds. The van der Waals surface area contributed by atoms with Gasteiger partial charge in [0.05, 0.1) is 5.52 Å². The Kier molecular flexibility index (Phi) is 2.78. The minimum Gasteiger partial charge on any atom is -0.385 e. The van der Waals surface area contributed by atoms with Gasteiger partial charge in [0.15, 0.2) is 0 Å². The summed E-state index contributed by atoms with van der Waals surface area (Å²) in [6, 6.07) is 11.9. The molecular formula is C14H13N3O. The predicted octanol–water partition coefficient (Wildman–Crippen LogP) is 2.23. The molecule has 2 N–H and O–H groups in total. The van der Waals surface area contributed by atoms with Gasteiger partial charge in [0.2, 0.25) is 0 Å². The summed E-state index contributed by atoms with van der Waals surface area (Å²) < 4.78 is 0. The first-order chi connectivity index (χ1) is 8.83. The molecule has 3 rings (SSSR count). The maximum atomic E-state index is 10.0. The standard InChI is InChI=1S/C14H13N3O/c18-13(14-15-7-8-16-14)9-11-6-5-10-3-1-2-4-12(10)17-11/h1-8,13,18H,9H2,(H,15,16). The van der Waals surface area contributed by atoms with Crippen molar-refractivity contribution in [1.82, 2.24) is 15.0 Å². The number of aliphatic hydroxyl groups excluding tert-OH is 1. The predicted molar refractivity (Wildman–Crippen MR) is 69.0 cm³/mol. The third-order valence-corrected chi connectivity index (χ3v) is 2.89. The Balaban J connectivity index is 1.86. The molecular weight excluding hydrogens is 226 g/mol. The Bertz CT molecular complexity index is 649. The smallest absolute Gasteiger partial charge is 0.135 e. The van der Waals surface area contributed by atoms with Gasteiger partial charge in [-0.05, 0) is 12.1 Å². The number of aromatic nitrogens is 3. The van der Waals surface area contributed by atoms with Crippen LogP contribution in [0, 0.1) is 0 Å². The van der Waals surface area contributed by atoms with E-state index in [1.54, 1.807) is 12.4 Å². The van der Waals surface area contributed by atoms with Crippen molar-refractivity contribution < 1.29 is 5.11 Å². The van der Waals surface area contributed by atoms with E-state index >= 15 is 0 Å². The van der Waals surface area contributed by atoms with Crippen molar-refractivity contribution >= 4 is 10.9 Å². The van der Waals surface area contributed by atoms with Gasteiger partial charge in [-0.3, -0.25) is 4.98 Å². The third-order valence-electron chi connectivity index (χ3n) is 2.89. The summed E-state index contributed by atoms with van der Waals surface area (Å²) in [5, 5.41) is 11.1. The lowest BCUT2D eigenvalue weighted by molar-refractivity contribution is 0.168. The van der Waals surface area contributed by atoms with Gasteiger partial charge < -0.3 is 10.1 Å². The summed E-state index contributed by atoms with van der Waals surface area (Å²) in [5.74, 6) is 0.574. The van der Waals surface area contributed by atoms with Crippen molar-refractivity contribution in [2.24, 2.45) is 0 Å². The van der Waals surface area contributed by atoms with Crippen LogP contribution >= 0.6 is 0 Å². The highest BCUT2D eigenvalue weighted by Gasteiger charge is 2.11. The van der Waals surface area contributed by atoms with Gasteiger partial charge >= 0.3 is 0 Å². The van der Waals surface area contributed by atoms with Crippen LogP contribution in [0.25, 0.3) is 10.9 Å². The third kappa shape index (κ3) is 2.10. The molecule has 1 aromatic carbocycles. The lowest BCUT2D eigenvalue weighted by Gasteiger charge is -2.07. The first kappa shape index (κ1) is 10.9. The maximum absolute atomic E-state index is 10.0. The Morgan fingerprint density at radius 3 is 2.89 bits per heavy atom. The lowest BCUT2D eigenvalue weighted by atomic mass is 10.1. The van der Waals surface area contributed by atoms with E-state index in [0.29, 0.717) is 12.2 Å². The topological polar surface area (TPSA) is 61.8 Å². The largest absolute Gasteiger partial charge is 0.385 e. The van der Waals surface area contributed by atoms with Gasteiger partial charge in [-0.1, -0.05) is 24.3 Å². The number of hydrogen-bond acceptors (Lipinski definition) is 3. The van der Waals surface area contributed by atoms with Crippen LogP contribution in [0.4, 0.5) is 0 Å². The molecule has 0 radical (unpaired) electrons. The number of rotatable bonds is 3. The quantitative estimate of drug-likeness (QED) is 0.736. The van der Waals surface area contributed by atoms with Crippen LogP contribution in [0.3, 0.4) is 0 Å². The molecule has 3 aromatic rings. The molecule has 2 heterocycles. The fourth-order valence-electron chi connectivity index (χ4n) is 1.98. The molecule has 0 spiro atoms. The van der Waals surface area contributed by atoms with Crippen molar-refractivity contribution in [1.29, 1.82) is 0 Å². The van der Waals surface area contributed by atoms with Crippen molar-refractivity contribution in [3.05, 3.63) is 60.3 Å². The second-order valence-electron chi connectivity index (χ2n) is 4.19. The fraction of sp³-hybridized carbons (Fsp3) is 0.143. The molecule has 0 saturated heterocycles. The average molecular weight is 239 g/mol. The Hall–Kier alpha value is -2.20. The summed E-state index contributed by atoms with van der Waals surface area (Å²) in [4.78, 5) is 11.5. The highest BCUT2D eigenvalue weighted by atomic mass is 16.3. The minimum atomic E-state index is -0.645. The molecule has 0 aliphatic rings. The second-order valence-corrected chi connectivity index (χ2v) is 4.19. The van der Waals surface area contributed by atoms with Crippen molar-refractivity contribution in [3.8, 4) is 0 Å². The zero-order chi connectivity index (χ0) is 12.4. The maximum Gasteiger partial charge on any atom is 0.135 e. The van der Waals surface area contributed by atoms with Crippen molar-refractivity contribution in [2.75, 3.05) is 0 Å². The van der Waals surface area contributed by atoms with E-state index in [-0.39, 0.29) is 0 Å². The number of nitrogens with zero attached hydrogens (tertiary/aromatic N) is 2. The molecule has 0 fully saturated rings. The average Bonchev–Trinajstić information content (AvgIpc) is 2.92. The van der Waals surface area contributed by atoms with Crippen LogP contribution in [-0.2, 0) is 6.42 Å². The zero-order valence-corrected chi connectivity index (χ0v) is 9.74. The molecule has 4 heteroatoms. The summed E-state index contributed by atoms with van der Waals surface area (Å²) in [7, 11) is 0. The van der Waals surface area contributed by atoms with Gasteiger partial charge in [0, 0.05) is 29.9 Å². The van der Waals surface area contributed by atoms with Crippen LogP contribution in [0.1, 0.15) is 17.6 Å². The molecule has 0 saturated carbocycles. The Morgan fingerprint density at radius 1 is 1.17 bits per heavy atom. The van der Waals surface area contributed by atoms with Crippen LogP contribution in [-0.4, -0.2) is 20.1 Å². The van der Waals surface area contributed by atoms with Crippen LogP contribution in [0.5, 0.6) is 0 Å². The molecule has 0 bridgehead atoms. The summed E-state index contributed by atoms with van der Waals surface area (Å²) in [6.07, 6.45) is 3.14. The number of fused-ring (bicyclic) bond motifs is 1. The van der Waals surface area contributed by atoms with E-state index in [0.717, 1.165) is 16.6 Å². The highest BCUT2D eigenvalue weighted by Crippen LogP contribution is 2.16. The second kappa shape index (κ2) is 4.58. The number of aliphatic hydroxyl groups is 1. The molecule has 0 aliphatic carbocycles.